The highest BCUT2D eigenvalue weighted by Gasteiger charge is 2.28. The lowest BCUT2D eigenvalue weighted by molar-refractivity contribution is 0.112. The fraction of sp³-hybridized carbons (Fsp3) is 0.985. The molecule has 0 aromatic heterocycles. The maximum Gasteiger partial charge on any atom is 0.0468 e. The summed E-state index contributed by atoms with van der Waals surface area (Å²) < 4.78 is 30.9. The number of rotatable bonds is 36. The summed E-state index contributed by atoms with van der Waals surface area (Å²) in [4.78, 5) is 0. The summed E-state index contributed by atoms with van der Waals surface area (Å²) in [6, 6.07) is 0. The van der Waals surface area contributed by atoms with E-state index >= 15 is 0 Å². The van der Waals surface area contributed by atoms with E-state index in [1.165, 1.54) is 173 Å². The van der Waals surface area contributed by atoms with E-state index < -0.39 is 0 Å². The fourth-order valence-corrected chi connectivity index (χ4v) is 11.5. The highest BCUT2D eigenvalue weighted by molar-refractivity contribution is 5.00. The molecule has 0 radical (unpaired) electrons. The van der Waals surface area contributed by atoms with Gasteiger partial charge in [0, 0.05) is 87.4 Å². The van der Waals surface area contributed by atoms with E-state index in [2.05, 4.69) is 450 Å². The van der Waals surface area contributed by atoms with Crippen molar-refractivity contribution in [3.8, 4) is 0 Å². The number of methoxy groups -OCH3 is 3. The Bertz CT molecular complexity index is 2360. The first-order valence-electron chi connectivity index (χ1n) is 59.3. The molecular weight excluding hydrogens is 1720 g/mol. The van der Waals surface area contributed by atoms with E-state index in [0.717, 1.165) is 125 Å². The molecule has 9 atom stereocenters. The van der Waals surface area contributed by atoms with Crippen molar-refractivity contribution in [2.75, 3.05) is 87.4 Å². The molecule has 0 heterocycles. The Morgan fingerprint density at radius 1 is 0.284 bits per heavy atom. The van der Waals surface area contributed by atoms with Crippen LogP contribution in [0.25, 0.3) is 0 Å². The zero-order valence-electron chi connectivity index (χ0n) is 113. The van der Waals surface area contributed by atoms with Crippen LogP contribution in [0.15, 0.2) is 12.2 Å². The van der Waals surface area contributed by atoms with Crippen LogP contribution in [0.2, 0.25) is 0 Å². The molecule has 0 aliphatic heterocycles. The molecule has 1 aliphatic rings. The molecule has 9 unspecified atom stereocenters. The minimum Gasteiger partial charge on any atom is -0.396 e. The standard InChI is InChI=1S/C13H28.C12H26O.2C11H24O.2C10H22O.C10H20.C9H20O.2C8H18.C7H16O.C7H16.C7H14.C6H14.C5H12/c1-6-7-8-9-10-11-12(2)13(3,4)5;1-6-13-10-8-7-9-11(2)12(3,4)5;1-10(11(2,3)4)8-6-7-9-12-5;1-6-12-9-7-8-10(2)11(3,4)5;1-9(10(2,3)4)7-6-8-11-5;1-6-11-8-7-9(2)10(3,4)5;1-10(2,3)9-7-5-4-6-8-9;1-8(6-7-10-5)9(2,3)4;1-7(2)6-8(3,4)5;1-6-7(2)8(3,4)5;1-6(5-8)7(2,3)4;2*1-6(2)7(3,4)5;1-5-6(2,3)4;1-5(2,3)4/h12H,6-11H2,1-5H3;11H,6-10H2,1-5H3;2*10H,6-9H2,1-5H3;2*9H,6-8H2,1-5H3;9H,4-8H2,1-3H3;8H,6-7H2,1-5H3;2*7H,6H2,1-5H3;6,8H,5H2,1-4H3;6H,1-5H3;1H2,2-5H3;5H2,1-4H3;1-4H3. The van der Waals surface area contributed by atoms with Crippen molar-refractivity contribution >= 4 is 0 Å². The van der Waals surface area contributed by atoms with Gasteiger partial charge in [0.05, 0.1) is 0 Å². The molecule has 1 N–H and O–H groups in total. The Hall–Kier alpha value is -0.540. The Labute approximate surface area is 903 Å². The van der Waals surface area contributed by atoms with Crippen LogP contribution in [0, 0.1) is 152 Å². The minimum atomic E-state index is 0.259. The molecule has 0 amide bonds. The van der Waals surface area contributed by atoms with E-state index in [0.29, 0.717) is 88.3 Å². The number of allylic oxidation sites excluding steroid dienone is 1. The van der Waals surface area contributed by atoms with Crippen molar-refractivity contribution < 1.29 is 33.5 Å². The Kier molecular flexibility index (Phi) is 111. The van der Waals surface area contributed by atoms with Gasteiger partial charge in [-0.2, -0.15) is 0 Å². The number of hydrogen-bond acceptors (Lipinski definition) is 7. The molecule has 0 saturated heterocycles. The van der Waals surface area contributed by atoms with Crippen molar-refractivity contribution in [1.29, 1.82) is 0 Å². The Morgan fingerprint density at radius 3 is 0.695 bits per heavy atom. The van der Waals surface area contributed by atoms with Crippen LogP contribution < -0.4 is 0 Å². The molecule has 7 heteroatoms. The van der Waals surface area contributed by atoms with Crippen molar-refractivity contribution in [1.82, 2.24) is 0 Å². The van der Waals surface area contributed by atoms with Gasteiger partial charge in [-0.3, -0.25) is 0 Å². The van der Waals surface area contributed by atoms with Crippen LogP contribution in [0.5, 0.6) is 0 Å². The summed E-state index contributed by atoms with van der Waals surface area (Å²) in [5, 5.41) is 8.67. The van der Waals surface area contributed by atoms with Crippen molar-refractivity contribution in [3.63, 3.8) is 0 Å². The molecule has 1 aliphatic carbocycles. The number of hydrogen-bond donors (Lipinski definition) is 1. The molecule has 1 rings (SSSR count). The van der Waals surface area contributed by atoms with Crippen molar-refractivity contribution in [3.05, 3.63) is 12.2 Å². The van der Waals surface area contributed by atoms with Gasteiger partial charge in [0.25, 0.3) is 0 Å². The number of ether oxygens (including phenoxy) is 6. The predicted molar refractivity (Wildman–Crippen MR) is 657 cm³/mol. The van der Waals surface area contributed by atoms with Crippen molar-refractivity contribution in [2.24, 2.45) is 152 Å². The average molecular weight is 2020 g/mol. The Morgan fingerprint density at radius 2 is 0.511 bits per heavy atom. The van der Waals surface area contributed by atoms with E-state index in [4.69, 9.17) is 33.5 Å². The molecule has 141 heavy (non-hydrogen) atoms. The maximum absolute atomic E-state index is 8.67. The van der Waals surface area contributed by atoms with Gasteiger partial charge in [-0.25, -0.2) is 0 Å². The van der Waals surface area contributed by atoms with E-state index in [1.54, 1.807) is 21.3 Å². The van der Waals surface area contributed by atoms with E-state index in [9.17, 15) is 0 Å². The number of aliphatic hydroxyl groups is 1. The van der Waals surface area contributed by atoms with Crippen LogP contribution in [-0.4, -0.2) is 92.5 Å². The number of aliphatic hydroxyl groups excluding tert-OH is 1. The van der Waals surface area contributed by atoms with Gasteiger partial charge >= 0.3 is 0 Å². The van der Waals surface area contributed by atoms with Gasteiger partial charge in [0.1, 0.15) is 0 Å². The normalized spacial score (nSPS) is 15.0. The number of unbranched alkanes of at least 4 members (excludes halogenated alkanes) is 6. The molecule has 0 spiro atoms. The zero-order chi connectivity index (χ0) is 116. The van der Waals surface area contributed by atoms with Gasteiger partial charge in [-0.05, 0) is 251 Å². The molecule has 872 valence electrons. The Balaban J connectivity index is -0.000000103. The molecule has 7 nitrogen and oxygen atoms in total. The van der Waals surface area contributed by atoms with E-state index in [1.807, 2.05) is 13.8 Å². The summed E-state index contributed by atoms with van der Waals surface area (Å²) in [5.41, 5.74) is 8.14. The SMILES string of the molecule is C=C(C)C(C)(C)C.CC(C)(C)C.CC(C)(C)C1CCCCC1.CC(C)C(C)(C)C.CC(C)CC(C)(C)C.CC(CO)C(C)(C)C.CCC(C)(C)C.CCC(C)C(C)(C)C.CCCCCCCC(C)C(C)(C)C.CCOCCC(C)C(C)(C)C.CCOCCCC(C)C(C)(C)C.CCOCCCCC(C)C(C)(C)C.COCCC(C)C(C)(C)C.COCCCC(C)C(C)(C)C.COCCCCC(C)C(C)(C)C. The molecule has 0 aromatic rings. The minimum absolute atomic E-state index is 0.259. The maximum atomic E-state index is 8.67. The summed E-state index contributed by atoms with van der Waals surface area (Å²) in [6.07, 6.45) is 34.7. The third kappa shape index (κ3) is 152. The highest BCUT2D eigenvalue weighted by Crippen LogP contribution is 2.39. The fourth-order valence-electron chi connectivity index (χ4n) is 11.5. The lowest BCUT2D eigenvalue weighted by Gasteiger charge is -2.33. The topological polar surface area (TPSA) is 75.6 Å². The van der Waals surface area contributed by atoms with E-state index in [-0.39, 0.29) is 5.41 Å². The average Bonchev–Trinajstić information content (AvgIpc) is 0.864. The lowest BCUT2D eigenvalue weighted by Crippen LogP contribution is -2.22. The van der Waals surface area contributed by atoms with Crippen LogP contribution in [0.3, 0.4) is 0 Å². The molecule has 1 fully saturated rings. The van der Waals surface area contributed by atoms with Crippen LogP contribution in [-0.2, 0) is 28.4 Å². The van der Waals surface area contributed by atoms with Crippen LogP contribution >= 0.6 is 0 Å². The monoisotopic (exact) mass is 2020 g/mol. The first-order chi connectivity index (χ1) is 62.8. The third-order valence-corrected chi connectivity index (χ3v) is 30.2. The largest absolute Gasteiger partial charge is 0.396 e. The summed E-state index contributed by atoms with van der Waals surface area (Å²) in [7, 11) is 5.30. The quantitative estimate of drug-likeness (QED) is 0.0495. The first-order valence-corrected chi connectivity index (χ1v) is 59.3. The van der Waals surface area contributed by atoms with Crippen molar-refractivity contribution in [2.45, 2.75) is 624 Å². The summed E-state index contributed by atoms with van der Waals surface area (Å²) in [6.45, 7) is 161. The van der Waals surface area contributed by atoms with Crippen LogP contribution in [0.1, 0.15) is 624 Å². The van der Waals surface area contributed by atoms with Crippen LogP contribution in [0.4, 0.5) is 0 Å². The molecule has 1 saturated carbocycles. The second-order valence-electron chi connectivity index (χ2n) is 60.9. The van der Waals surface area contributed by atoms with Gasteiger partial charge < -0.3 is 33.5 Å². The molecule has 0 aromatic carbocycles. The summed E-state index contributed by atoms with van der Waals surface area (Å²) in [5.74, 6) is 9.46. The molecular formula is C134H294O7. The lowest BCUT2D eigenvalue weighted by atomic mass is 9.72. The van der Waals surface area contributed by atoms with Gasteiger partial charge in [0.15, 0.2) is 0 Å². The van der Waals surface area contributed by atoms with Gasteiger partial charge in [0.2, 0.25) is 0 Å². The predicted octanol–water partition coefficient (Wildman–Crippen LogP) is 46.0. The smallest absolute Gasteiger partial charge is 0.0468 e. The summed E-state index contributed by atoms with van der Waals surface area (Å²) >= 11 is 0. The van der Waals surface area contributed by atoms with Gasteiger partial charge in [-0.15, -0.1) is 0 Å². The zero-order valence-corrected chi connectivity index (χ0v) is 113. The third-order valence-electron chi connectivity index (χ3n) is 30.2. The second-order valence-corrected chi connectivity index (χ2v) is 60.9. The highest BCUT2D eigenvalue weighted by atomic mass is 16.5. The first kappa shape index (κ1) is 171. The second kappa shape index (κ2) is 92.0. The van der Waals surface area contributed by atoms with Gasteiger partial charge in [-0.1, -0.05) is 538 Å². The molecule has 0 bridgehead atoms.